The van der Waals surface area contributed by atoms with Gasteiger partial charge in [0.05, 0.1) is 12.8 Å². The van der Waals surface area contributed by atoms with Crippen molar-refractivity contribution in [3.05, 3.63) is 47.7 Å². The van der Waals surface area contributed by atoms with E-state index in [0.29, 0.717) is 18.6 Å². The van der Waals surface area contributed by atoms with Gasteiger partial charge in [-0.3, -0.25) is 4.79 Å². The van der Waals surface area contributed by atoms with Crippen molar-refractivity contribution in [3.63, 3.8) is 0 Å². The molecule has 1 aliphatic heterocycles. The first-order valence-electron chi connectivity index (χ1n) is 7.25. The van der Waals surface area contributed by atoms with Gasteiger partial charge >= 0.3 is 0 Å². The van der Waals surface area contributed by atoms with Gasteiger partial charge in [-0.05, 0) is 25.0 Å². The van der Waals surface area contributed by atoms with Crippen LogP contribution < -0.4 is 10.2 Å². The topological polar surface area (TPSA) is 58.4 Å². The summed E-state index contributed by atoms with van der Waals surface area (Å²) in [6, 6.07) is 2.36. The second-order valence-corrected chi connectivity index (χ2v) is 5.32. The zero-order valence-corrected chi connectivity index (χ0v) is 12.4. The minimum atomic E-state index is -1.74. The number of anilines is 1. The molecule has 3 rings (SSSR count). The number of halogens is 4. The molecule has 0 aliphatic carbocycles. The van der Waals surface area contributed by atoms with Crippen LogP contribution in [0.4, 0.5) is 23.2 Å². The molecule has 5 nitrogen and oxygen atoms in total. The zero-order valence-electron chi connectivity index (χ0n) is 12.4. The highest BCUT2D eigenvalue weighted by Crippen LogP contribution is 2.32. The number of amides is 1. The molecule has 1 fully saturated rings. The maximum Gasteiger partial charge on any atom is 0.253 e. The summed E-state index contributed by atoms with van der Waals surface area (Å²) in [5.41, 5.74) is -0.907. The Bertz CT molecular complexity index is 725. The first-order valence-corrected chi connectivity index (χ1v) is 7.25. The van der Waals surface area contributed by atoms with E-state index in [1.165, 1.54) is 6.26 Å². The van der Waals surface area contributed by atoms with Crippen molar-refractivity contribution in [2.75, 3.05) is 11.4 Å². The van der Waals surface area contributed by atoms with E-state index in [4.69, 9.17) is 4.42 Å². The Morgan fingerprint density at radius 3 is 2.62 bits per heavy atom. The van der Waals surface area contributed by atoms with Crippen LogP contribution in [-0.4, -0.2) is 23.5 Å². The van der Waals surface area contributed by atoms with Crippen LogP contribution in [0.2, 0.25) is 0 Å². The number of hydrogen-bond acceptors (Lipinski definition) is 4. The van der Waals surface area contributed by atoms with Crippen molar-refractivity contribution in [1.29, 1.82) is 0 Å². The summed E-state index contributed by atoms with van der Waals surface area (Å²) in [6.45, 7) is 0.190. The Morgan fingerprint density at radius 2 is 2.00 bits per heavy atom. The molecule has 1 unspecified atom stereocenters. The summed E-state index contributed by atoms with van der Waals surface area (Å²) in [5.74, 6) is -6.72. The van der Waals surface area contributed by atoms with Gasteiger partial charge in [0.25, 0.3) is 11.9 Å². The van der Waals surface area contributed by atoms with Crippen molar-refractivity contribution in [2.45, 2.75) is 25.4 Å². The average Bonchev–Trinajstić information content (AvgIpc) is 3.23. The molecular formula is C15H13F4N3O2. The summed E-state index contributed by atoms with van der Waals surface area (Å²) in [4.78, 5) is 15.8. The van der Waals surface area contributed by atoms with Crippen LogP contribution in [-0.2, 0) is 11.3 Å². The highest BCUT2D eigenvalue weighted by atomic mass is 19.2. The summed E-state index contributed by atoms with van der Waals surface area (Å²) in [7, 11) is 0. The average molecular weight is 343 g/mol. The Balaban J connectivity index is 1.82. The van der Waals surface area contributed by atoms with Crippen LogP contribution in [0.3, 0.4) is 0 Å². The number of carbonyl (C=O) groups is 1. The molecule has 0 radical (unpaired) electrons. The van der Waals surface area contributed by atoms with Gasteiger partial charge in [-0.25, -0.2) is 0 Å². The molecule has 1 saturated heterocycles. The number of furan rings is 1. The molecule has 24 heavy (non-hydrogen) atoms. The third-order valence-electron chi connectivity index (χ3n) is 3.83. The summed E-state index contributed by atoms with van der Waals surface area (Å²) >= 11 is 0. The number of hydrogen-bond donors (Lipinski definition) is 1. The van der Waals surface area contributed by atoms with Crippen molar-refractivity contribution < 1.29 is 26.8 Å². The standard InChI is InChI=1S/C15H13F4N3O2/c16-10-12(11(17)14(19)21-13(10)18)22-5-1-4-9(22)15(23)20-7-8-3-2-6-24-8/h2-3,6,9H,1,4-5,7H2,(H,20,23). The summed E-state index contributed by atoms with van der Waals surface area (Å²) < 4.78 is 59.5. The highest BCUT2D eigenvalue weighted by Gasteiger charge is 2.36. The second-order valence-electron chi connectivity index (χ2n) is 5.32. The predicted molar refractivity (Wildman–Crippen MR) is 75.0 cm³/mol. The minimum Gasteiger partial charge on any atom is -0.467 e. The third kappa shape index (κ3) is 2.93. The van der Waals surface area contributed by atoms with Gasteiger partial charge in [-0.2, -0.15) is 22.5 Å². The molecular weight excluding hydrogens is 330 g/mol. The van der Waals surface area contributed by atoms with E-state index >= 15 is 0 Å². The summed E-state index contributed by atoms with van der Waals surface area (Å²) in [5, 5.41) is 2.57. The van der Waals surface area contributed by atoms with E-state index in [0.717, 1.165) is 4.90 Å². The van der Waals surface area contributed by atoms with Crippen molar-refractivity contribution >= 4 is 11.6 Å². The third-order valence-corrected chi connectivity index (χ3v) is 3.83. The lowest BCUT2D eigenvalue weighted by Gasteiger charge is -2.26. The minimum absolute atomic E-state index is 0.0928. The molecule has 0 saturated carbocycles. The number of pyridine rings is 1. The number of aromatic nitrogens is 1. The van der Waals surface area contributed by atoms with Crippen LogP contribution in [0.15, 0.2) is 22.8 Å². The first-order chi connectivity index (χ1) is 11.5. The maximum atomic E-state index is 13.9. The molecule has 128 valence electrons. The maximum absolute atomic E-state index is 13.9. The lowest BCUT2D eigenvalue weighted by Crippen LogP contribution is -2.44. The highest BCUT2D eigenvalue weighted by molar-refractivity contribution is 5.85. The molecule has 0 spiro atoms. The largest absolute Gasteiger partial charge is 0.467 e. The van der Waals surface area contributed by atoms with Crippen LogP contribution in [0.5, 0.6) is 0 Å². The molecule has 1 amide bonds. The Morgan fingerprint density at radius 1 is 1.29 bits per heavy atom. The molecule has 3 heterocycles. The van der Waals surface area contributed by atoms with Gasteiger partial charge in [0.1, 0.15) is 17.5 Å². The lowest BCUT2D eigenvalue weighted by molar-refractivity contribution is -0.122. The SMILES string of the molecule is O=C(NCc1ccco1)C1CCCN1c1c(F)c(F)nc(F)c1F. The first kappa shape index (κ1) is 16.3. The lowest BCUT2D eigenvalue weighted by atomic mass is 10.2. The molecule has 0 aromatic carbocycles. The molecule has 0 bridgehead atoms. The summed E-state index contributed by atoms with van der Waals surface area (Å²) in [6.07, 6.45) is 2.19. The fourth-order valence-corrected chi connectivity index (χ4v) is 2.74. The second kappa shape index (κ2) is 6.50. The smallest absolute Gasteiger partial charge is 0.253 e. The van der Waals surface area contributed by atoms with E-state index < -0.39 is 41.2 Å². The number of carbonyl (C=O) groups excluding carboxylic acids is 1. The van der Waals surface area contributed by atoms with Crippen LogP contribution in [0.1, 0.15) is 18.6 Å². The van der Waals surface area contributed by atoms with Crippen molar-refractivity contribution in [1.82, 2.24) is 10.3 Å². The van der Waals surface area contributed by atoms with Gasteiger partial charge in [-0.1, -0.05) is 0 Å². The van der Waals surface area contributed by atoms with Gasteiger partial charge in [0, 0.05) is 6.54 Å². The van der Waals surface area contributed by atoms with Gasteiger partial charge < -0.3 is 14.6 Å². The number of nitrogens with one attached hydrogen (secondary N) is 1. The molecule has 1 atom stereocenters. The molecule has 2 aromatic rings. The Labute approximate surface area is 134 Å². The quantitative estimate of drug-likeness (QED) is 0.685. The molecule has 1 aliphatic rings. The van der Waals surface area contributed by atoms with Crippen LogP contribution in [0, 0.1) is 23.5 Å². The zero-order chi connectivity index (χ0) is 17.3. The van der Waals surface area contributed by atoms with E-state index in [2.05, 4.69) is 10.3 Å². The van der Waals surface area contributed by atoms with Gasteiger partial charge in [-0.15, -0.1) is 0 Å². The molecule has 1 N–H and O–H groups in total. The van der Waals surface area contributed by atoms with Crippen molar-refractivity contribution in [2.24, 2.45) is 0 Å². The molecule has 2 aromatic heterocycles. The normalized spacial score (nSPS) is 17.3. The van der Waals surface area contributed by atoms with Crippen LogP contribution >= 0.6 is 0 Å². The monoisotopic (exact) mass is 343 g/mol. The fraction of sp³-hybridized carbons (Fsp3) is 0.333. The fourth-order valence-electron chi connectivity index (χ4n) is 2.74. The van der Waals surface area contributed by atoms with Gasteiger partial charge in [0.2, 0.25) is 17.5 Å². The molecule has 9 heteroatoms. The number of nitrogens with zero attached hydrogens (tertiary/aromatic N) is 2. The number of rotatable bonds is 4. The van der Waals surface area contributed by atoms with E-state index in [-0.39, 0.29) is 13.1 Å². The van der Waals surface area contributed by atoms with E-state index in [1.54, 1.807) is 12.1 Å². The van der Waals surface area contributed by atoms with Crippen LogP contribution in [0.25, 0.3) is 0 Å². The Kier molecular flexibility index (Phi) is 4.41. The predicted octanol–water partition coefficient (Wildman–Crippen LogP) is 2.52. The van der Waals surface area contributed by atoms with Crippen molar-refractivity contribution in [3.8, 4) is 0 Å². The Hall–Kier alpha value is -2.58. The van der Waals surface area contributed by atoms with E-state index in [1.807, 2.05) is 0 Å². The van der Waals surface area contributed by atoms with Gasteiger partial charge in [0.15, 0.2) is 0 Å². The van der Waals surface area contributed by atoms with E-state index in [9.17, 15) is 22.4 Å².